The van der Waals surface area contributed by atoms with E-state index in [9.17, 15) is 0 Å². The molecule has 2 aromatic carbocycles. The fraction of sp³-hybridized carbons (Fsp3) is 0.333. The van der Waals surface area contributed by atoms with Crippen LogP contribution in [0.25, 0.3) is 0 Å². The number of hydrogen-bond donors (Lipinski definition) is 0. The Kier molecular flexibility index (Phi) is 4.61. The van der Waals surface area contributed by atoms with Gasteiger partial charge in [-0.1, -0.05) is 53.2 Å². The van der Waals surface area contributed by atoms with Crippen LogP contribution in [0.2, 0.25) is 0 Å². The van der Waals surface area contributed by atoms with Gasteiger partial charge in [-0.15, -0.1) is 0 Å². The average Bonchev–Trinajstić information content (AvgIpc) is 2.48. The first kappa shape index (κ1) is 14.6. The molecule has 110 valence electrons. The zero-order valence-corrected chi connectivity index (χ0v) is 13.8. The van der Waals surface area contributed by atoms with Gasteiger partial charge in [0.2, 0.25) is 0 Å². The summed E-state index contributed by atoms with van der Waals surface area (Å²) in [5.74, 6) is 1.51. The van der Waals surface area contributed by atoms with E-state index in [-0.39, 0.29) is 0 Å². The monoisotopic (exact) mass is 345 g/mol. The molecule has 2 aromatic rings. The molecule has 3 rings (SSSR count). The second kappa shape index (κ2) is 6.63. The molecule has 1 unspecified atom stereocenters. The van der Waals surface area contributed by atoms with Gasteiger partial charge < -0.3 is 4.74 Å². The summed E-state index contributed by atoms with van der Waals surface area (Å²) in [6, 6.07) is 16.5. The first-order chi connectivity index (χ1) is 10.2. The Hall–Kier alpha value is -1.32. The van der Waals surface area contributed by atoms with E-state index < -0.39 is 0 Å². The molecule has 0 spiro atoms. The number of benzene rings is 2. The Morgan fingerprint density at radius 3 is 2.76 bits per heavy atom. The zero-order valence-electron chi connectivity index (χ0n) is 12.3. The molecule has 0 aromatic heterocycles. The Morgan fingerprint density at radius 1 is 1.14 bits per heavy atom. The molecule has 21 heavy (non-hydrogen) atoms. The molecule has 0 amide bonds. The first-order valence-corrected chi connectivity index (χ1v) is 8.21. The van der Waals surface area contributed by atoms with Gasteiger partial charge in [0, 0.05) is 24.1 Å². The number of para-hydroxylation sites is 1. The minimum absolute atomic E-state index is 0.557. The van der Waals surface area contributed by atoms with Crippen molar-refractivity contribution < 1.29 is 4.74 Å². The Labute approximate surface area is 134 Å². The molecule has 0 N–H and O–H groups in total. The maximum Gasteiger partial charge on any atom is 0.119 e. The summed E-state index contributed by atoms with van der Waals surface area (Å²) in [7, 11) is 0. The van der Waals surface area contributed by atoms with E-state index in [2.05, 4.69) is 46.0 Å². The van der Waals surface area contributed by atoms with Crippen molar-refractivity contribution in [3.63, 3.8) is 0 Å². The van der Waals surface area contributed by atoms with E-state index in [1.54, 1.807) is 0 Å². The van der Waals surface area contributed by atoms with Gasteiger partial charge in [-0.3, -0.25) is 4.90 Å². The number of ether oxygens (including phenoxy) is 1. The van der Waals surface area contributed by atoms with Gasteiger partial charge in [0.15, 0.2) is 0 Å². The summed E-state index contributed by atoms with van der Waals surface area (Å²) >= 11 is 3.68. The summed E-state index contributed by atoms with van der Waals surface area (Å²) in [5, 5.41) is 0. The molecule has 1 aliphatic heterocycles. The number of rotatable bonds is 4. The predicted octanol–water partition coefficient (Wildman–Crippen LogP) is 4.45. The zero-order chi connectivity index (χ0) is 14.7. The van der Waals surface area contributed by atoms with E-state index >= 15 is 0 Å². The van der Waals surface area contributed by atoms with Crippen molar-refractivity contribution >= 4 is 15.9 Å². The van der Waals surface area contributed by atoms with Gasteiger partial charge in [0.05, 0.1) is 0 Å². The van der Waals surface area contributed by atoms with E-state index in [1.807, 2.05) is 30.3 Å². The molecule has 1 atom stereocenters. The lowest BCUT2D eigenvalue weighted by atomic mass is 9.91. The normalized spacial score (nSPS) is 18.3. The van der Waals surface area contributed by atoms with Crippen molar-refractivity contribution in [3.05, 3.63) is 64.1 Å². The van der Waals surface area contributed by atoms with Gasteiger partial charge >= 0.3 is 0 Å². The van der Waals surface area contributed by atoms with E-state index in [1.165, 1.54) is 15.6 Å². The van der Waals surface area contributed by atoms with Gasteiger partial charge in [-0.25, -0.2) is 0 Å². The summed E-state index contributed by atoms with van der Waals surface area (Å²) < 4.78 is 7.05. The fourth-order valence-electron chi connectivity index (χ4n) is 3.04. The predicted molar refractivity (Wildman–Crippen MR) is 89.8 cm³/mol. The maximum atomic E-state index is 5.80. The quantitative estimate of drug-likeness (QED) is 0.811. The van der Waals surface area contributed by atoms with Crippen molar-refractivity contribution in [2.24, 2.45) is 0 Å². The molecular weight excluding hydrogens is 326 g/mol. The van der Waals surface area contributed by atoms with E-state index in [4.69, 9.17) is 4.74 Å². The molecule has 1 aliphatic rings. The molecule has 2 nitrogen and oxygen atoms in total. The van der Waals surface area contributed by atoms with Crippen molar-refractivity contribution in [1.82, 2.24) is 4.90 Å². The molecule has 3 heteroatoms. The number of fused-ring (bicyclic) bond motifs is 1. The van der Waals surface area contributed by atoms with Crippen molar-refractivity contribution in [1.29, 1.82) is 0 Å². The Bertz CT molecular complexity index is 599. The summed E-state index contributed by atoms with van der Waals surface area (Å²) in [6.07, 6.45) is 0. The maximum absolute atomic E-state index is 5.80. The highest BCUT2D eigenvalue weighted by Gasteiger charge is 2.23. The van der Waals surface area contributed by atoms with Crippen LogP contribution in [0.4, 0.5) is 0 Å². The van der Waals surface area contributed by atoms with Crippen molar-refractivity contribution in [2.45, 2.75) is 19.4 Å². The highest BCUT2D eigenvalue weighted by molar-refractivity contribution is 9.10. The van der Waals surface area contributed by atoms with Crippen LogP contribution in [0.1, 0.15) is 24.0 Å². The Balaban J connectivity index is 1.59. The Morgan fingerprint density at radius 2 is 1.95 bits per heavy atom. The third kappa shape index (κ3) is 3.47. The number of nitrogens with zero attached hydrogens (tertiary/aromatic N) is 1. The van der Waals surface area contributed by atoms with Gasteiger partial charge in [-0.05, 0) is 35.2 Å². The lowest BCUT2D eigenvalue weighted by Crippen LogP contribution is -2.35. The molecular formula is C18H20BrNO. The summed E-state index contributed by atoms with van der Waals surface area (Å²) in [6.45, 7) is 6.10. The highest BCUT2D eigenvalue weighted by Crippen LogP contribution is 2.33. The summed E-state index contributed by atoms with van der Waals surface area (Å²) in [5.41, 5.74) is 2.90. The topological polar surface area (TPSA) is 12.5 Å². The lowest BCUT2D eigenvalue weighted by Gasteiger charge is -2.33. The largest absolute Gasteiger partial charge is 0.492 e. The minimum Gasteiger partial charge on any atom is -0.492 e. The molecule has 0 radical (unpaired) electrons. The van der Waals surface area contributed by atoms with Crippen LogP contribution in [-0.2, 0) is 6.54 Å². The van der Waals surface area contributed by atoms with Gasteiger partial charge in [-0.2, -0.15) is 0 Å². The fourth-order valence-corrected chi connectivity index (χ4v) is 3.83. The van der Waals surface area contributed by atoms with E-state index in [0.717, 1.165) is 32.0 Å². The standard InChI is InChI=1S/C18H20BrNO/c1-14-12-20(10-11-21-16-7-3-2-4-8-16)13-15-6-5-9-17(19)18(14)15/h2-9,14H,10-13H2,1H3. The SMILES string of the molecule is CC1CN(CCOc2ccccc2)Cc2cccc(Br)c21. The van der Waals surface area contributed by atoms with Crippen LogP contribution in [0, 0.1) is 0 Å². The van der Waals surface area contributed by atoms with E-state index in [0.29, 0.717) is 5.92 Å². The molecule has 0 saturated carbocycles. The molecule has 0 saturated heterocycles. The van der Waals surface area contributed by atoms with Crippen LogP contribution in [0.3, 0.4) is 0 Å². The summed E-state index contributed by atoms with van der Waals surface area (Å²) in [4.78, 5) is 2.47. The molecule has 0 fully saturated rings. The minimum atomic E-state index is 0.557. The molecule has 0 aliphatic carbocycles. The van der Waals surface area contributed by atoms with Crippen LogP contribution in [0.15, 0.2) is 53.0 Å². The highest BCUT2D eigenvalue weighted by atomic mass is 79.9. The third-order valence-electron chi connectivity index (χ3n) is 3.98. The van der Waals surface area contributed by atoms with Crippen molar-refractivity contribution in [2.75, 3.05) is 19.7 Å². The van der Waals surface area contributed by atoms with Crippen LogP contribution >= 0.6 is 15.9 Å². The van der Waals surface area contributed by atoms with Crippen LogP contribution in [-0.4, -0.2) is 24.6 Å². The number of halogens is 1. The lowest BCUT2D eigenvalue weighted by molar-refractivity contribution is 0.185. The van der Waals surface area contributed by atoms with Crippen LogP contribution in [0.5, 0.6) is 5.75 Å². The molecule has 0 bridgehead atoms. The second-order valence-corrected chi connectivity index (χ2v) is 6.46. The second-order valence-electron chi connectivity index (χ2n) is 5.61. The van der Waals surface area contributed by atoms with Crippen molar-refractivity contribution in [3.8, 4) is 5.75 Å². The molecule has 1 heterocycles. The third-order valence-corrected chi connectivity index (χ3v) is 4.67. The average molecular weight is 346 g/mol. The first-order valence-electron chi connectivity index (χ1n) is 7.41. The van der Waals surface area contributed by atoms with Crippen LogP contribution < -0.4 is 4.74 Å². The smallest absolute Gasteiger partial charge is 0.119 e. The number of hydrogen-bond acceptors (Lipinski definition) is 2. The van der Waals surface area contributed by atoms with Gasteiger partial charge in [0.1, 0.15) is 12.4 Å². The van der Waals surface area contributed by atoms with Gasteiger partial charge in [0.25, 0.3) is 0 Å².